The van der Waals surface area contributed by atoms with E-state index in [0.717, 1.165) is 17.4 Å². The summed E-state index contributed by atoms with van der Waals surface area (Å²) in [5.41, 5.74) is 1.88. The topological polar surface area (TPSA) is 122 Å². The number of carbonyl (C=O) groups excluding carboxylic acids is 3. The summed E-state index contributed by atoms with van der Waals surface area (Å²) in [6, 6.07) is 16.1. The molecule has 2 aliphatic rings. The van der Waals surface area contributed by atoms with Gasteiger partial charge < -0.3 is 14.4 Å². The summed E-state index contributed by atoms with van der Waals surface area (Å²) in [5.74, 6) is -1.40. The number of sulfonamides is 1. The highest BCUT2D eigenvalue weighted by Gasteiger charge is 2.51. The molecule has 0 unspecified atom stereocenters. The molecule has 0 aromatic heterocycles. The van der Waals surface area contributed by atoms with Crippen molar-refractivity contribution in [1.29, 1.82) is 0 Å². The zero-order chi connectivity index (χ0) is 30.3. The van der Waals surface area contributed by atoms with Crippen LogP contribution < -0.4 is 5.32 Å². The molecule has 228 valence electrons. The number of hydrogen-bond acceptors (Lipinski definition) is 8. The Kier molecular flexibility index (Phi) is 10.7. The van der Waals surface area contributed by atoms with Crippen molar-refractivity contribution >= 4 is 27.9 Å². The maximum Gasteiger partial charge on any atom is 0.329 e. The Balaban J connectivity index is 1.53. The van der Waals surface area contributed by atoms with Gasteiger partial charge in [-0.15, -0.1) is 0 Å². The third-order valence-electron chi connectivity index (χ3n) is 8.08. The third-order valence-corrected chi connectivity index (χ3v) is 9.35. The Labute approximate surface area is 248 Å². The monoisotopic (exact) mass is 599 g/mol. The van der Waals surface area contributed by atoms with Crippen LogP contribution in [0, 0.1) is 5.92 Å². The highest BCUT2D eigenvalue weighted by molar-refractivity contribution is 7.88. The summed E-state index contributed by atoms with van der Waals surface area (Å²) in [7, 11) is -3.49. The molecule has 10 nitrogen and oxygen atoms in total. The van der Waals surface area contributed by atoms with E-state index in [0.29, 0.717) is 32.2 Å². The summed E-state index contributed by atoms with van der Waals surface area (Å²) < 4.78 is 37.1. The number of rotatable bonds is 12. The van der Waals surface area contributed by atoms with Crippen molar-refractivity contribution in [2.24, 2.45) is 5.92 Å². The summed E-state index contributed by atoms with van der Waals surface area (Å²) >= 11 is 0. The van der Waals surface area contributed by atoms with Crippen LogP contribution in [0.2, 0.25) is 0 Å². The maximum absolute atomic E-state index is 14.1. The fraction of sp³-hybridized carbons (Fsp3) is 0.516. The number of amides is 1. The summed E-state index contributed by atoms with van der Waals surface area (Å²) in [6.45, 7) is 4.12. The molecule has 11 heteroatoms. The lowest BCUT2D eigenvalue weighted by Gasteiger charge is -2.39. The van der Waals surface area contributed by atoms with Crippen LogP contribution in [0.5, 0.6) is 0 Å². The van der Waals surface area contributed by atoms with Crippen LogP contribution in [0.15, 0.2) is 60.7 Å². The van der Waals surface area contributed by atoms with E-state index in [1.54, 1.807) is 13.8 Å². The van der Waals surface area contributed by atoms with Crippen LogP contribution in [-0.4, -0.2) is 85.6 Å². The number of carbonyl (C=O) groups is 3. The van der Waals surface area contributed by atoms with Crippen molar-refractivity contribution in [2.75, 3.05) is 26.0 Å². The van der Waals surface area contributed by atoms with Crippen LogP contribution in [0.3, 0.4) is 0 Å². The number of esters is 2. The van der Waals surface area contributed by atoms with Gasteiger partial charge in [0.1, 0.15) is 18.7 Å². The van der Waals surface area contributed by atoms with E-state index in [9.17, 15) is 22.8 Å². The SMILES string of the molecule is CCOC(=O)[C@H](CCc1ccccc1)N[C@H](C)C(=O)N1[C@H](C(=O)OCc2ccccc2)C[C@@H]2CCN(S(C)(=O)=O)C[C@@H]21. The molecule has 1 amide bonds. The largest absolute Gasteiger partial charge is 0.465 e. The number of piperidine rings is 1. The first-order valence-electron chi connectivity index (χ1n) is 14.5. The molecular formula is C31H41N3O7S. The van der Waals surface area contributed by atoms with Gasteiger partial charge in [-0.2, -0.15) is 0 Å². The molecule has 5 atom stereocenters. The fourth-order valence-corrected chi connectivity index (χ4v) is 6.75. The number of fused-ring (bicyclic) bond motifs is 1. The van der Waals surface area contributed by atoms with Gasteiger partial charge in [-0.3, -0.25) is 14.9 Å². The molecular weight excluding hydrogens is 558 g/mol. The molecule has 0 aliphatic carbocycles. The average molecular weight is 600 g/mol. The summed E-state index contributed by atoms with van der Waals surface area (Å²) in [6.07, 6.45) is 3.10. The lowest BCUT2D eigenvalue weighted by Crippen LogP contribution is -2.58. The van der Waals surface area contributed by atoms with Gasteiger partial charge in [-0.25, -0.2) is 17.5 Å². The zero-order valence-corrected chi connectivity index (χ0v) is 25.3. The highest BCUT2D eigenvalue weighted by atomic mass is 32.2. The van der Waals surface area contributed by atoms with Gasteiger partial charge in [0.15, 0.2) is 0 Å². The van der Waals surface area contributed by atoms with Gasteiger partial charge in [0, 0.05) is 19.1 Å². The Morgan fingerprint density at radius 2 is 1.64 bits per heavy atom. The van der Waals surface area contributed by atoms with Crippen molar-refractivity contribution in [2.45, 2.75) is 70.3 Å². The minimum atomic E-state index is -3.49. The molecule has 0 spiro atoms. The Hall–Kier alpha value is -3.28. The molecule has 2 fully saturated rings. The van der Waals surface area contributed by atoms with Crippen molar-refractivity contribution in [3.8, 4) is 0 Å². The second-order valence-electron chi connectivity index (χ2n) is 11.0. The van der Waals surface area contributed by atoms with E-state index < -0.39 is 46.1 Å². The Morgan fingerprint density at radius 3 is 2.26 bits per heavy atom. The van der Waals surface area contributed by atoms with Crippen LogP contribution in [-0.2, 0) is 46.9 Å². The first-order valence-corrected chi connectivity index (χ1v) is 16.4. The Bertz CT molecular complexity index is 1320. The maximum atomic E-state index is 14.1. The summed E-state index contributed by atoms with van der Waals surface area (Å²) in [4.78, 5) is 41.8. The first kappa shape index (κ1) is 31.7. The molecule has 1 N–H and O–H groups in total. The number of nitrogens with one attached hydrogen (secondary N) is 1. The summed E-state index contributed by atoms with van der Waals surface area (Å²) in [5, 5.41) is 3.15. The predicted molar refractivity (Wildman–Crippen MR) is 158 cm³/mol. The van der Waals surface area contributed by atoms with Crippen molar-refractivity contribution in [3.63, 3.8) is 0 Å². The number of likely N-dealkylation sites (tertiary alicyclic amines) is 1. The first-order chi connectivity index (χ1) is 20.1. The van der Waals surface area contributed by atoms with E-state index in [-0.39, 0.29) is 31.6 Å². The molecule has 4 rings (SSSR count). The molecule has 2 aromatic rings. The molecule has 0 saturated carbocycles. The van der Waals surface area contributed by atoms with E-state index >= 15 is 0 Å². The van der Waals surface area contributed by atoms with Gasteiger partial charge in [-0.1, -0.05) is 60.7 Å². The lowest BCUT2D eigenvalue weighted by molar-refractivity contribution is -0.157. The molecule has 2 saturated heterocycles. The quantitative estimate of drug-likeness (QED) is 0.370. The normalized spacial score (nSPS) is 22.2. The van der Waals surface area contributed by atoms with Gasteiger partial charge in [-0.05, 0) is 56.6 Å². The van der Waals surface area contributed by atoms with Crippen LogP contribution >= 0.6 is 0 Å². The third kappa shape index (κ3) is 7.96. The number of ether oxygens (including phenoxy) is 2. The second-order valence-corrected chi connectivity index (χ2v) is 13.0. The van der Waals surface area contributed by atoms with E-state index in [1.807, 2.05) is 60.7 Å². The Morgan fingerprint density at radius 1 is 1.00 bits per heavy atom. The van der Waals surface area contributed by atoms with Crippen LogP contribution in [0.25, 0.3) is 0 Å². The van der Waals surface area contributed by atoms with Crippen LogP contribution in [0.4, 0.5) is 0 Å². The van der Waals surface area contributed by atoms with Gasteiger partial charge in [0.05, 0.1) is 18.9 Å². The van der Waals surface area contributed by atoms with Gasteiger partial charge in [0.25, 0.3) is 0 Å². The molecule has 0 bridgehead atoms. The number of hydrogen-bond donors (Lipinski definition) is 1. The molecule has 42 heavy (non-hydrogen) atoms. The fourth-order valence-electron chi connectivity index (χ4n) is 5.89. The number of aryl methyl sites for hydroxylation is 1. The van der Waals surface area contributed by atoms with Crippen molar-refractivity contribution < 1.29 is 32.3 Å². The standard InChI is InChI=1S/C31H41N3O7S/c1-4-40-30(36)26(16-15-23-11-7-5-8-12-23)32-22(2)29(35)34-27(31(37)41-21-24-13-9-6-10-14-24)19-25-17-18-33(20-28(25)34)42(3,38)39/h5-14,22,25-28,32H,4,15-21H2,1-3H3/t22-,25+,26+,27+,28+/m1/s1. The van der Waals surface area contributed by atoms with E-state index in [4.69, 9.17) is 9.47 Å². The average Bonchev–Trinajstić information content (AvgIpc) is 3.37. The molecule has 0 radical (unpaired) electrons. The minimum Gasteiger partial charge on any atom is -0.465 e. The second kappa shape index (κ2) is 14.3. The van der Waals surface area contributed by atoms with Crippen LogP contribution in [0.1, 0.15) is 44.2 Å². The molecule has 2 heterocycles. The molecule has 2 aliphatic heterocycles. The zero-order valence-electron chi connectivity index (χ0n) is 24.5. The molecule has 2 aromatic carbocycles. The highest BCUT2D eigenvalue weighted by Crippen LogP contribution is 2.37. The predicted octanol–water partition coefficient (Wildman–Crippen LogP) is 2.52. The number of nitrogens with zero attached hydrogens (tertiary/aromatic N) is 2. The van der Waals surface area contributed by atoms with Crippen molar-refractivity contribution in [1.82, 2.24) is 14.5 Å². The van der Waals surface area contributed by atoms with E-state index in [1.165, 1.54) is 9.21 Å². The van der Waals surface area contributed by atoms with Gasteiger partial charge in [0.2, 0.25) is 15.9 Å². The van der Waals surface area contributed by atoms with Crippen molar-refractivity contribution in [3.05, 3.63) is 71.8 Å². The minimum absolute atomic E-state index is 0.0487. The van der Waals surface area contributed by atoms with E-state index in [2.05, 4.69) is 5.32 Å². The number of benzene rings is 2. The lowest BCUT2D eigenvalue weighted by atomic mass is 9.92. The smallest absolute Gasteiger partial charge is 0.329 e. The van der Waals surface area contributed by atoms with Gasteiger partial charge >= 0.3 is 11.9 Å².